The lowest BCUT2D eigenvalue weighted by Gasteiger charge is -2.33. The molecular weight excluding hydrogens is 359 g/mol. The summed E-state index contributed by atoms with van der Waals surface area (Å²) in [6, 6.07) is 14.6. The number of likely N-dealkylation sites (N-methyl/N-ethyl adjacent to an activating group) is 1. The first-order chi connectivity index (χ1) is 12.1. The molecule has 25 heavy (non-hydrogen) atoms. The van der Waals surface area contributed by atoms with Crippen molar-refractivity contribution < 1.29 is 9.53 Å². The lowest BCUT2D eigenvalue weighted by Crippen LogP contribution is -2.46. The zero-order valence-corrected chi connectivity index (χ0v) is 15.4. The van der Waals surface area contributed by atoms with Crippen molar-refractivity contribution in [3.8, 4) is 0 Å². The molecule has 0 bridgehead atoms. The van der Waals surface area contributed by atoms with E-state index in [-0.39, 0.29) is 18.1 Å². The summed E-state index contributed by atoms with van der Waals surface area (Å²) in [5, 5.41) is 4.32. The van der Waals surface area contributed by atoms with Crippen LogP contribution in [0.2, 0.25) is 10.0 Å². The number of nitrogens with zero attached hydrogens (tertiary/aromatic N) is 1. The van der Waals surface area contributed by atoms with Gasteiger partial charge in [0.2, 0.25) is 0 Å². The molecule has 2 aromatic carbocycles. The number of halogens is 2. The van der Waals surface area contributed by atoms with Gasteiger partial charge in [-0.3, -0.25) is 4.79 Å². The van der Waals surface area contributed by atoms with E-state index in [0.717, 1.165) is 12.1 Å². The lowest BCUT2D eigenvalue weighted by atomic mass is 10.00. The van der Waals surface area contributed by atoms with E-state index in [1.807, 2.05) is 42.5 Å². The Labute approximate surface area is 157 Å². The van der Waals surface area contributed by atoms with Crippen LogP contribution < -0.4 is 5.32 Å². The predicted molar refractivity (Wildman–Crippen MR) is 100 cm³/mol. The van der Waals surface area contributed by atoms with Gasteiger partial charge in [0.25, 0.3) is 5.91 Å². The van der Waals surface area contributed by atoms with E-state index in [1.54, 1.807) is 18.0 Å². The fourth-order valence-corrected chi connectivity index (χ4v) is 3.32. The molecule has 4 nitrogen and oxygen atoms in total. The van der Waals surface area contributed by atoms with Crippen LogP contribution in [0.4, 0.5) is 0 Å². The molecule has 2 atom stereocenters. The molecule has 2 aromatic rings. The van der Waals surface area contributed by atoms with Crippen molar-refractivity contribution in [1.82, 2.24) is 10.2 Å². The summed E-state index contributed by atoms with van der Waals surface area (Å²) in [4.78, 5) is 14.6. The number of carbonyl (C=O) groups is 1. The van der Waals surface area contributed by atoms with Crippen molar-refractivity contribution in [3.05, 3.63) is 69.7 Å². The maximum Gasteiger partial charge on any atom is 0.253 e. The summed E-state index contributed by atoms with van der Waals surface area (Å²) in [5.74, 6) is -0.0389. The van der Waals surface area contributed by atoms with Gasteiger partial charge in [-0.25, -0.2) is 0 Å². The second kappa shape index (κ2) is 8.19. The van der Waals surface area contributed by atoms with E-state index in [1.165, 1.54) is 0 Å². The first-order valence-corrected chi connectivity index (χ1v) is 8.93. The molecule has 6 heteroatoms. The summed E-state index contributed by atoms with van der Waals surface area (Å²) in [7, 11) is 1.81. The zero-order chi connectivity index (χ0) is 17.8. The second-order valence-corrected chi connectivity index (χ2v) is 6.83. The monoisotopic (exact) mass is 378 g/mol. The molecule has 1 amide bonds. The van der Waals surface area contributed by atoms with Crippen molar-refractivity contribution >= 4 is 29.1 Å². The van der Waals surface area contributed by atoms with E-state index >= 15 is 0 Å². The molecule has 0 saturated carbocycles. The van der Waals surface area contributed by atoms with Gasteiger partial charge < -0.3 is 15.0 Å². The molecule has 0 radical (unpaired) electrons. The van der Waals surface area contributed by atoms with Crippen LogP contribution in [-0.4, -0.2) is 43.6 Å². The van der Waals surface area contributed by atoms with Gasteiger partial charge in [-0.15, -0.1) is 0 Å². The third-order valence-electron chi connectivity index (χ3n) is 4.39. The van der Waals surface area contributed by atoms with Crippen molar-refractivity contribution in [3.63, 3.8) is 0 Å². The molecule has 0 spiro atoms. The van der Waals surface area contributed by atoms with Gasteiger partial charge in [0, 0.05) is 25.7 Å². The highest BCUT2D eigenvalue weighted by Gasteiger charge is 2.32. The molecule has 0 unspecified atom stereocenters. The fourth-order valence-electron chi connectivity index (χ4n) is 3.01. The summed E-state index contributed by atoms with van der Waals surface area (Å²) in [6.07, 6.45) is -0.276. The Morgan fingerprint density at radius 2 is 1.92 bits per heavy atom. The van der Waals surface area contributed by atoms with Crippen LogP contribution in [0.5, 0.6) is 0 Å². The molecule has 1 saturated heterocycles. The molecule has 132 valence electrons. The first kappa shape index (κ1) is 18.2. The van der Waals surface area contributed by atoms with E-state index in [9.17, 15) is 4.79 Å². The molecule has 1 fully saturated rings. The Kier molecular flexibility index (Phi) is 5.97. The average molecular weight is 379 g/mol. The number of carbonyl (C=O) groups excluding carboxylic acids is 1. The highest BCUT2D eigenvalue weighted by Crippen LogP contribution is 2.31. The lowest BCUT2D eigenvalue weighted by molar-refractivity contribution is 0.0102. The Balaban J connectivity index is 1.89. The highest BCUT2D eigenvalue weighted by atomic mass is 35.5. The quantitative estimate of drug-likeness (QED) is 0.882. The van der Waals surface area contributed by atoms with Gasteiger partial charge in [-0.2, -0.15) is 0 Å². The molecule has 1 aliphatic rings. The molecule has 0 aliphatic carbocycles. The van der Waals surface area contributed by atoms with E-state index < -0.39 is 0 Å². The van der Waals surface area contributed by atoms with Gasteiger partial charge in [0.1, 0.15) is 6.10 Å². The normalized spacial score (nSPS) is 20.8. The van der Waals surface area contributed by atoms with Gasteiger partial charge in [0.05, 0.1) is 22.7 Å². The molecule has 1 aliphatic heterocycles. The third-order valence-corrected chi connectivity index (χ3v) is 5.13. The molecular formula is C19H20Cl2N2O2. The molecule has 3 rings (SSSR count). The Bertz CT molecular complexity index is 739. The average Bonchev–Trinajstić information content (AvgIpc) is 2.89. The molecule has 1 N–H and O–H groups in total. The number of hydrogen-bond donors (Lipinski definition) is 1. The van der Waals surface area contributed by atoms with Crippen molar-refractivity contribution in [2.45, 2.75) is 12.1 Å². The number of ether oxygens (including phenoxy) is 1. The van der Waals surface area contributed by atoms with Crippen LogP contribution in [0, 0.1) is 0 Å². The minimum absolute atomic E-state index is 0.0389. The van der Waals surface area contributed by atoms with Crippen LogP contribution in [-0.2, 0) is 4.74 Å². The van der Waals surface area contributed by atoms with Crippen molar-refractivity contribution in [1.29, 1.82) is 0 Å². The third kappa shape index (κ3) is 4.15. The maximum atomic E-state index is 12.8. The minimum atomic E-state index is -0.276. The van der Waals surface area contributed by atoms with E-state index in [2.05, 4.69) is 5.32 Å². The number of rotatable bonds is 3. The zero-order valence-electron chi connectivity index (χ0n) is 13.9. The number of benzene rings is 2. The van der Waals surface area contributed by atoms with Crippen LogP contribution in [0.1, 0.15) is 22.0 Å². The summed E-state index contributed by atoms with van der Waals surface area (Å²) in [5.41, 5.74) is 1.57. The Morgan fingerprint density at radius 1 is 1.16 bits per heavy atom. The minimum Gasteiger partial charge on any atom is -0.370 e. The van der Waals surface area contributed by atoms with Crippen LogP contribution in [0.3, 0.4) is 0 Å². The first-order valence-electron chi connectivity index (χ1n) is 8.17. The van der Waals surface area contributed by atoms with Gasteiger partial charge in [0.15, 0.2) is 0 Å². The van der Waals surface area contributed by atoms with Gasteiger partial charge in [-0.05, 0) is 29.8 Å². The fraction of sp³-hybridized carbons (Fsp3) is 0.316. The smallest absolute Gasteiger partial charge is 0.253 e. The van der Waals surface area contributed by atoms with Crippen LogP contribution in [0.15, 0.2) is 48.5 Å². The van der Waals surface area contributed by atoms with Gasteiger partial charge in [-0.1, -0.05) is 47.5 Å². The maximum absolute atomic E-state index is 12.8. The number of nitrogens with one attached hydrogen (secondary N) is 1. The van der Waals surface area contributed by atoms with Crippen LogP contribution >= 0.6 is 23.2 Å². The highest BCUT2D eigenvalue weighted by molar-refractivity contribution is 6.42. The largest absolute Gasteiger partial charge is 0.370 e. The molecule has 1 heterocycles. The summed E-state index contributed by atoms with van der Waals surface area (Å²) >= 11 is 12.2. The Morgan fingerprint density at radius 3 is 2.64 bits per heavy atom. The topological polar surface area (TPSA) is 41.6 Å². The van der Waals surface area contributed by atoms with E-state index in [0.29, 0.717) is 28.8 Å². The number of hydrogen-bond acceptors (Lipinski definition) is 3. The van der Waals surface area contributed by atoms with E-state index in [4.69, 9.17) is 27.9 Å². The Hall–Kier alpha value is -1.59. The second-order valence-electron chi connectivity index (χ2n) is 6.02. The van der Waals surface area contributed by atoms with Crippen molar-refractivity contribution in [2.24, 2.45) is 0 Å². The SMILES string of the molecule is CN(C(=O)c1ccccc1)[C@@H]1CNCCO[C@H]1c1ccc(Cl)c(Cl)c1. The van der Waals surface area contributed by atoms with Gasteiger partial charge >= 0.3 is 0 Å². The summed E-state index contributed by atoms with van der Waals surface area (Å²) < 4.78 is 6.05. The van der Waals surface area contributed by atoms with Crippen molar-refractivity contribution in [2.75, 3.05) is 26.7 Å². The summed E-state index contributed by atoms with van der Waals surface area (Å²) in [6.45, 7) is 1.94. The molecule has 0 aromatic heterocycles. The number of amides is 1. The van der Waals surface area contributed by atoms with Crippen LogP contribution in [0.25, 0.3) is 0 Å². The standard InChI is InChI=1S/C19H20Cl2N2O2/c1-23(19(24)13-5-3-2-4-6-13)17-12-22-9-10-25-18(17)14-7-8-15(20)16(21)11-14/h2-8,11,17-18,22H,9-10,12H2,1H3/t17-,18+/m1/s1. The predicted octanol–water partition coefficient (Wildman–Crippen LogP) is 3.80.